The van der Waals surface area contributed by atoms with E-state index in [9.17, 15) is 13.2 Å². The SMILES string of the molecule is CCN(C(=O)[C@H](C)N(C)Cc1cccc(Cl)c1Cl)[C@@H]1CCS(=O)(=O)C1. The highest BCUT2D eigenvalue weighted by Crippen LogP contribution is 2.27. The maximum Gasteiger partial charge on any atom is 0.239 e. The molecule has 1 aliphatic heterocycles. The Labute approximate surface area is 159 Å². The van der Waals surface area contributed by atoms with Crippen LogP contribution in [0.3, 0.4) is 0 Å². The lowest BCUT2D eigenvalue weighted by atomic mass is 10.1. The Bertz CT molecular complexity index is 739. The largest absolute Gasteiger partial charge is 0.338 e. The molecule has 0 bridgehead atoms. The van der Waals surface area contributed by atoms with Gasteiger partial charge in [-0.2, -0.15) is 0 Å². The number of carbonyl (C=O) groups is 1. The van der Waals surface area contributed by atoms with E-state index in [1.165, 1.54) is 0 Å². The normalized spacial score (nSPS) is 20.6. The molecule has 1 saturated heterocycles. The summed E-state index contributed by atoms with van der Waals surface area (Å²) in [6, 6.07) is 4.81. The van der Waals surface area contributed by atoms with Crippen molar-refractivity contribution in [3.05, 3.63) is 33.8 Å². The second-order valence-electron chi connectivity index (χ2n) is 6.49. The van der Waals surface area contributed by atoms with E-state index in [4.69, 9.17) is 23.2 Å². The molecular formula is C17H24Cl2N2O3S. The van der Waals surface area contributed by atoms with Crippen LogP contribution in [0.4, 0.5) is 0 Å². The van der Waals surface area contributed by atoms with Gasteiger partial charge in [-0.25, -0.2) is 8.42 Å². The molecule has 0 N–H and O–H groups in total. The first-order chi connectivity index (χ1) is 11.7. The molecule has 0 radical (unpaired) electrons. The van der Waals surface area contributed by atoms with E-state index in [0.29, 0.717) is 29.6 Å². The molecule has 1 heterocycles. The highest BCUT2D eigenvalue weighted by molar-refractivity contribution is 7.91. The lowest BCUT2D eigenvalue weighted by Gasteiger charge is -2.33. The van der Waals surface area contributed by atoms with Gasteiger partial charge in [0.25, 0.3) is 0 Å². The number of nitrogens with zero attached hydrogens (tertiary/aromatic N) is 2. The number of likely N-dealkylation sites (N-methyl/N-ethyl adjacent to an activating group) is 2. The van der Waals surface area contributed by atoms with Crippen molar-refractivity contribution in [1.29, 1.82) is 0 Å². The first-order valence-electron chi connectivity index (χ1n) is 8.30. The third-order valence-electron chi connectivity index (χ3n) is 4.74. The molecule has 25 heavy (non-hydrogen) atoms. The Kier molecular flexibility index (Phi) is 6.76. The summed E-state index contributed by atoms with van der Waals surface area (Å²) >= 11 is 12.3. The first-order valence-corrected chi connectivity index (χ1v) is 10.9. The van der Waals surface area contributed by atoms with Gasteiger partial charge < -0.3 is 4.90 Å². The zero-order valence-corrected chi connectivity index (χ0v) is 17.0. The minimum absolute atomic E-state index is 0.0587. The number of carbonyl (C=O) groups excluding carboxylic acids is 1. The summed E-state index contributed by atoms with van der Waals surface area (Å²) in [5.41, 5.74) is 0.850. The van der Waals surface area contributed by atoms with Gasteiger partial charge in [0, 0.05) is 19.1 Å². The van der Waals surface area contributed by atoms with Crippen molar-refractivity contribution >= 4 is 38.9 Å². The van der Waals surface area contributed by atoms with E-state index >= 15 is 0 Å². The third-order valence-corrected chi connectivity index (χ3v) is 7.35. The Hall–Kier alpha value is -0.820. The van der Waals surface area contributed by atoms with Crippen LogP contribution in [-0.4, -0.2) is 61.3 Å². The molecule has 1 aliphatic rings. The standard InChI is InChI=1S/C17H24Cl2N2O3S/c1-4-21(14-8-9-25(23,24)11-14)17(22)12(2)20(3)10-13-6-5-7-15(18)16(13)19/h5-7,12,14H,4,8-11H2,1-3H3/t12-,14+/m0/s1. The smallest absolute Gasteiger partial charge is 0.239 e. The van der Waals surface area contributed by atoms with Crippen molar-refractivity contribution < 1.29 is 13.2 Å². The van der Waals surface area contributed by atoms with Crippen LogP contribution < -0.4 is 0 Å². The predicted octanol–water partition coefficient (Wildman–Crippen LogP) is 2.85. The number of halogens is 2. The van der Waals surface area contributed by atoms with Crippen LogP contribution >= 0.6 is 23.2 Å². The van der Waals surface area contributed by atoms with Crippen molar-refractivity contribution in [2.24, 2.45) is 0 Å². The first kappa shape index (κ1) is 20.5. The van der Waals surface area contributed by atoms with Crippen molar-refractivity contribution in [3.8, 4) is 0 Å². The highest BCUT2D eigenvalue weighted by Gasteiger charge is 2.36. The molecule has 5 nitrogen and oxygen atoms in total. The van der Waals surface area contributed by atoms with E-state index in [1.807, 2.05) is 37.9 Å². The van der Waals surface area contributed by atoms with E-state index < -0.39 is 15.9 Å². The molecule has 0 saturated carbocycles. The molecule has 1 aromatic carbocycles. The lowest BCUT2D eigenvalue weighted by molar-refractivity contribution is -0.137. The summed E-state index contributed by atoms with van der Waals surface area (Å²) in [6.07, 6.45) is 0.512. The molecule has 1 aromatic rings. The lowest BCUT2D eigenvalue weighted by Crippen LogP contribution is -2.49. The fourth-order valence-corrected chi connectivity index (χ4v) is 5.23. The number of rotatable bonds is 6. The summed E-state index contributed by atoms with van der Waals surface area (Å²) in [7, 11) is -1.18. The van der Waals surface area contributed by atoms with Crippen LogP contribution in [0.5, 0.6) is 0 Å². The second kappa shape index (κ2) is 8.25. The van der Waals surface area contributed by atoms with Gasteiger partial charge in [-0.3, -0.25) is 9.69 Å². The molecule has 140 valence electrons. The van der Waals surface area contributed by atoms with Crippen LogP contribution in [0.15, 0.2) is 18.2 Å². The number of hydrogen-bond acceptors (Lipinski definition) is 4. The molecule has 1 amide bonds. The van der Waals surface area contributed by atoms with Crippen LogP contribution in [-0.2, 0) is 21.2 Å². The Morgan fingerprint density at radius 3 is 2.60 bits per heavy atom. The van der Waals surface area contributed by atoms with Crippen molar-refractivity contribution in [1.82, 2.24) is 9.80 Å². The van der Waals surface area contributed by atoms with Crippen molar-refractivity contribution in [2.75, 3.05) is 25.1 Å². The molecule has 0 aliphatic carbocycles. The average Bonchev–Trinajstić information content (AvgIpc) is 2.91. The quantitative estimate of drug-likeness (QED) is 0.728. The van der Waals surface area contributed by atoms with Gasteiger partial charge in [-0.15, -0.1) is 0 Å². The Morgan fingerprint density at radius 2 is 2.04 bits per heavy atom. The molecule has 0 spiro atoms. The molecular weight excluding hydrogens is 383 g/mol. The molecule has 0 aromatic heterocycles. The van der Waals surface area contributed by atoms with Crippen molar-refractivity contribution in [2.45, 2.75) is 38.9 Å². The van der Waals surface area contributed by atoms with Gasteiger partial charge >= 0.3 is 0 Å². The molecule has 2 atom stereocenters. The summed E-state index contributed by atoms with van der Waals surface area (Å²) in [4.78, 5) is 16.5. The maximum atomic E-state index is 12.9. The summed E-state index contributed by atoms with van der Waals surface area (Å²) in [5.74, 6) is 0.151. The van der Waals surface area contributed by atoms with Crippen molar-refractivity contribution in [3.63, 3.8) is 0 Å². The van der Waals surface area contributed by atoms with Crippen LogP contribution in [0.25, 0.3) is 0 Å². The minimum Gasteiger partial charge on any atom is -0.338 e. The summed E-state index contributed by atoms with van der Waals surface area (Å²) in [6.45, 7) is 4.68. The van der Waals surface area contributed by atoms with Crippen LogP contribution in [0.1, 0.15) is 25.8 Å². The van der Waals surface area contributed by atoms with Gasteiger partial charge in [0.05, 0.1) is 27.6 Å². The monoisotopic (exact) mass is 406 g/mol. The zero-order chi connectivity index (χ0) is 18.8. The summed E-state index contributed by atoms with van der Waals surface area (Å²) < 4.78 is 23.4. The number of amides is 1. The van der Waals surface area contributed by atoms with E-state index in [1.54, 1.807) is 11.0 Å². The van der Waals surface area contributed by atoms with Gasteiger partial charge in [-0.1, -0.05) is 35.3 Å². The van der Waals surface area contributed by atoms with Crippen LogP contribution in [0.2, 0.25) is 10.0 Å². The molecule has 0 unspecified atom stereocenters. The number of sulfone groups is 1. The number of benzene rings is 1. The molecule has 1 fully saturated rings. The maximum absolute atomic E-state index is 12.9. The van der Waals surface area contributed by atoms with Gasteiger partial charge in [-0.05, 0) is 38.9 Å². The third kappa shape index (κ3) is 4.88. The molecule has 2 rings (SSSR count). The topological polar surface area (TPSA) is 57.7 Å². The molecule has 8 heteroatoms. The second-order valence-corrected chi connectivity index (χ2v) is 9.50. The highest BCUT2D eigenvalue weighted by atomic mass is 35.5. The fourth-order valence-electron chi connectivity index (χ4n) is 3.12. The van der Waals surface area contributed by atoms with Gasteiger partial charge in [0.15, 0.2) is 9.84 Å². The Balaban J connectivity index is 2.08. The summed E-state index contributed by atoms with van der Waals surface area (Å²) in [5, 5.41) is 0.975. The zero-order valence-electron chi connectivity index (χ0n) is 14.7. The average molecular weight is 407 g/mol. The Morgan fingerprint density at radius 1 is 1.36 bits per heavy atom. The van der Waals surface area contributed by atoms with Gasteiger partial charge in [0.2, 0.25) is 5.91 Å². The van der Waals surface area contributed by atoms with Gasteiger partial charge in [0.1, 0.15) is 0 Å². The number of hydrogen-bond donors (Lipinski definition) is 0. The van der Waals surface area contributed by atoms with E-state index in [2.05, 4.69) is 0 Å². The minimum atomic E-state index is -3.03. The van der Waals surface area contributed by atoms with E-state index in [-0.39, 0.29) is 23.5 Å². The predicted molar refractivity (Wildman–Crippen MR) is 102 cm³/mol. The van der Waals surface area contributed by atoms with E-state index in [0.717, 1.165) is 5.56 Å². The fraction of sp³-hybridized carbons (Fsp3) is 0.588. The van der Waals surface area contributed by atoms with Crippen LogP contribution in [0, 0.1) is 0 Å².